The largest absolute Gasteiger partial charge is 0.481 e. The standard InChI is InChI=1S/C16H21NO3S/c1-12(21-11-13-6-3-2-4-7-13)15(18)17-9-5-8-14(10-17)16(19)20/h2-4,6-7,12,14H,5,8-11H2,1H3,(H,19,20)/t12?,14-/m0/s1. The van der Waals surface area contributed by atoms with Crippen molar-refractivity contribution in [3.05, 3.63) is 35.9 Å². The molecule has 2 atom stereocenters. The van der Waals surface area contributed by atoms with Crippen LogP contribution in [0.25, 0.3) is 0 Å². The van der Waals surface area contributed by atoms with Crippen LogP contribution < -0.4 is 0 Å². The van der Waals surface area contributed by atoms with E-state index in [4.69, 9.17) is 5.11 Å². The van der Waals surface area contributed by atoms with Gasteiger partial charge in [0.1, 0.15) is 0 Å². The van der Waals surface area contributed by atoms with Gasteiger partial charge in [-0.3, -0.25) is 9.59 Å². The average Bonchev–Trinajstić information content (AvgIpc) is 2.53. The summed E-state index contributed by atoms with van der Waals surface area (Å²) in [6.45, 7) is 2.93. The number of carbonyl (C=O) groups is 2. The quantitative estimate of drug-likeness (QED) is 0.908. The number of aliphatic carboxylic acids is 1. The Hall–Kier alpha value is -1.49. The number of benzene rings is 1. The number of carboxylic acid groups (broad SMARTS) is 1. The molecular weight excluding hydrogens is 286 g/mol. The summed E-state index contributed by atoms with van der Waals surface area (Å²) in [6.07, 6.45) is 1.45. The minimum atomic E-state index is -0.794. The van der Waals surface area contributed by atoms with Gasteiger partial charge in [-0.25, -0.2) is 0 Å². The lowest BCUT2D eigenvalue weighted by Gasteiger charge is -2.32. The van der Waals surface area contributed by atoms with Gasteiger partial charge in [-0.15, -0.1) is 11.8 Å². The molecule has 5 heteroatoms. The van der Waals surface area contributed by atoms with Gasteiger partial charge in [-0.05, 0) is 25.3 Å². The van der Waals surface area contributed by atoms with Gasteiger partial charge in [0.15, 0.2) is 0 Å². The molecule has 1 heterocycles. The summed E-state index contributed by atoms with van der Waals surface area (Å²) in [5.74, 6) is -0.350. The van der Waals surface area contributed by atoms with E-state index in [1.165, 1.54) is 5.56 Å². The topological polar surface area (TPSA) is 57.6 Å². The summed E-state index contributed by atoms with van der Waals surface area (Å²) in [4.78, 5) is 25.2. The minimum absolute atomic E-state index is 0.0573. The molecule has 0 aromatic heterocycles. The maximum Gasteiger partial charge on any atom is 0.308 e. The van der Waals surface area contributed by atoms with Gasteiger partial charge in [0.25, 0.3) is 0 Å². The number of carboxylic acids is 1. The number of hydrogen-bond acceptors (Lipinski definition) is 3. The zero-order valence-corrected chi connectivity index (χ0v) is 13.0. The molecule has 0 spiro atoms. The van der Waals surface area contributed by atoms with Crippen molar-refractivity contribution in [3.8, 4) is 0 Å². The second kappa shape index (κ2) is 7.50. The van der Waals surface area contributed by atoms with Gasteiger partial charge in [-0.2, -0.15) is 0 Å². The number of amides is 1. The van der Waals surface area contributed by atoms with Crippen LogP contribution in [0.2, 0.25) is 0 Å². The summed E-state index contributed by atoms with van der Waals surface area (Å²) in [5, 5.41) is 8.94. The molecule has 114 valence electrons. The third-order valence-electron chi connectivity index (χ3n) is 3.77. The van der Waals surface area contributed by atoms with E-state index in [1.54, 1.807) is 16.7 Å². The predicted molar refractivity (Wildman–Crippen MR) is 84.1 cm³/mol. The lowest BCUT2D eigenvalue weighted by molar-refractivity contribution is -0.145. The van der Waals surface area contributed by atoms with Crippen LogP contribution in [0.4, 0.5) is 0 Å². The second-order valence-electron chi connectivity index (χ2n) is 5.40. The van der Waals surface area contributed by atoms with E-state index < -0.39 is 11.9 Å². The first-order valence-electron chi connectivity index (χ1n) is 7.25. The zero-order chi connectivity index (χ0) is 15.2. The van der Waals surface area contributed by atoms with Gasteiger partial charge in [0.2, 0.25) is 5.91 Å². The molecule has 1 unspecified atom stereocenters. The smallest absolute Gasteiger partial charge is 0.308 e. The Morgan fingerprint density at radius 3 is 2.76 bits per heavy atom. The summed E-state index contributed by atoms with van der Waals surface area (Å²) >= 11 is 1.60. The first kappa shape index (κ1) is 15.9. The molecular formula is C16H21NO3S. The number of piperidine rings is 1. The van der Waals surface area contributed by atoms with Crippen molar-refractivity contribution in [2.24, 2.45) is 5.92 Å². The van der Waals surface area contributed by atoms with E-state index in [2.05, 4.69) is 0 Å². The molecule has 1 amide bonds. The summed E-state index contributed by atoms with van der Waals surface area (Å²) in [6, 6.07) is 10.1. The Morgan fingerprint density at radius 2 is 2.10 bits per heavy atom. The van der Waals surface area contributed by atoms with Crippen LogP contribution in [0.15, 0.2) is 30.3 Å². The molecule has 0 aliphatic carbocycles. The fraction of sp³-hybridized carbons (Fsp3) is 0.500. The van der Waals surface area contributed by atoms with Crippen LogP contribution in [0.1, 0.15) is 25.3 Å². The Labute approximate surface area is 129 Å². The number of carbonyl (C=O) groups excluding carboxylic acids is 1. The SMILES string of the molecule is CC(SCc1ccccc1)C(=O)N1CCC[C@H](C(=O)O)C1. The molecule has 1 fully saturated rings. The maximum atomic E-state index is 12.4. The van der Waals surface area contributed by atoms with E-state index in [0.717, 1.165) is 12.2 Å². The van der Waals surface area contributed by atoms with Crippen LogP contribution >= 0.6 is 11.8 Å². The molecule has 4 nitrogen and oxygen atoms in total. The fourth-order valence-corrected chi connectivity index (χ4v) is 3.43. The summed E-state index contributed by atoms with van der Waals surface area (Å²) in [5.41, 5.74) is 1.20. The van der Waals surface area contributed by atoms with Crippen molar-refractivity contribution in [1.29, 1.82) is 0 Å². The highest BCUT2D eigenvalue weighted by molar-refractivity contribution is 7.99. The van der Waals surface area contributed by atoms with Crippen molar-refractivity contribution in [2.75, 3.05) is 13.1 Å². The highest BCUT2D eigenvalue weighted by atomic mass is 32.2. The lowest BCUT2D eigenvalue weighted by atomic mass is 9.98. The first-order chi connectivity index (χ1) is 10.1. The Bertz CT molecular complexity index is 492. The molecule has 1 aromatic rings. The Balaban J connectivity index is 1.85. The third-order valence-corrected chi connectivity index (χ3v) is 4.97. The molecule has 21 heavy (non-hydrogen) atoms. The number of hydrogen-bond donors (Lipinski definition) is 1. The van der Waals surface area contributed by atoms with Crippen LogP contribution in [0.3, 0.4) is 0 Å². The molecule has 0 bridgehead atoms. The van der Waals surface area contributed by atoms with Crippen LogP contribution in [-0.4, -0.2) is 40.2 Å². The molecule has 1 aromatic carbocycles. The van der Waals surface area contributed by atoms with Crippen molar-refractivity contribution in [2.45, 2.75) is 30.8 Å². The van der Waals surface area contributed by atoms with E-state index in [-0.39, 0.29) is 11.2 Å². The minimum Gasteiger partial charge on any atom is -0.481 e. The van der Waals surface area contributed by atoms with Crippen LogP contribution in [0.5, 0.6) is 0 Å². The van der Waals surface area contributed by atoms with Crippen molar-refractivity contribution in [1.82, 2.24) is 4.90 Å². The van der Waals surface area contributed by atoms with Crippen molar-refractivity contribution in [3.63, 3.8) is 0 Å². The molecule has 0 saturated carbocycles. The Morgan fingerprint density at radius 1 is 1.38 bits per heavy atom. The van der Waals surface area contributed by atoms with Gasteiger partial charge in [0.05, 0.1) is 11.2 Å². The summed E-state index contributed by atoms with van der Waals surface area (Å²) in [7, 11) is 0. The van der Waals surface area contributed by atoms with E-state index >= 15 is 0 Å². The lowest BCUT2D eigenvalue weighted by Crippen LogP contribution is -2.45. The summed E-state index contributed by atoms with van der Waals surface area (Å²) < 4.78 is 0. The fourth-order valence-electron chi connectivity index (χ4n) is 2.50. The van der Waals surface area contributed by atoms with Gasteiger partial charge >= 0.3 is 5.97 Å². The molecule has 1 saturated heterocycles. The van der Waals surface area contributed by atoms with Gasteiger partial charge in [-0.1, -0.05) is 30.3 Å². The molecule has 1 N–H and O–H groups in total. The van der Waals surface area contributed by atoms with Gasteiger partial charge < -0.3 is 10.0 Å². The normalized spacial score (nSPS) is 20.0. The molecule has 2 rings (SSSR count). The molecule has 0 radical (unpaired) electrons. The van der Waals surface area contributed by atoms with E-state index in [1.807, 2.05) is 37.3 Å². The molecule has 1 aliphatic heterocycles. The third kappa shape index (κ3) is 4.49. The van der Waals surface area contributed by atoms with Crippen LogP contribution in [-0.2, 0) is 15.3 Å². The highest BCUT2D eigenvalue weighted by Crippen LogP contribution is 2.23. The number of rotatable bonds is 5. The average molecular weight is 307 g/mol. The van der Waals surface area contributed by atoms with Crippen LogP contribution in [0, 0.1) is 5.92 Å². The van der Waals surface area contributed by atoms with Crippen molar-refractivity contribution >= 4 is 23.6 Å². The predicted octanol–water partition coefficient (Wildman–Crippen LogP) is 2.63. The number of likely N-dealkylation sites (tertiary alicyclic amines) is 1. The highest BCUT2D eigenvalue weighted by Gasteiger charge is 2.30. The second-order valence-corrected chi connectivity index (χ2v) is 6.73. The van der Waals surface area contributed by atoms with E-state index in [9.17, 15) is 9.59 Å². The maximum absolute atomic E-state index is 12.4. The van der Waals surface area contributed by atoms with Crippen molar-refractivity contribution < 1.29 is 14.7 Å². The monoisotopic (exact) mass is 307 g/mol. The van der Waals surface area contributed by atoms with Gasteiger partial charge in [0, 0.05) is 18.8 Å². The zero-order valence-electron chi connectivity index (χ0n) is 12.2. The number of nitrogens with zero attached hydrogens (tertiary/aromatic N) is 1. The van der Waals surface area contributed by atoms with E-state index in [0.29, 0.717) is 19.5 Å². The number of thioether (sulfide) groups is 1. The molecule has 1 aliphatic rings. The first-order valence-corrected chi connectivity index (χ1v) is 8.30. The Kier molecular flexibility index (Phi) is 5.67.